The summed E-state index contributed by atoms with van der Waals surface area (Å²) in [5, 5.41) is 3.08. The maximum atomic E-state index is 12.5. The van der Waals surface area contributed by atoms with Gasteiger partial charge in [0.05, 0.1) is 21.3 Å². The van der Waals surface area contributed by atoms with E-state index in [2.05, 4.69) is 12.2 Å². The fraction of sp³-hybridized carbons (Fsp3) is 0.667. The topological polar surface area (TPSA) is 56.8 Å². The first-order chi connectivity index (χ1) is 12.6. The van der Waals surface area contributed by atoms with Gasteiger partial charge in [0.2, 0.25) is 11.7 Å². The van der Waals surface area contributed by atoms with E-state index in [1.807, 2.05) is 12.1 Å². The van der Waals surface area contributed by atoms with Crippen molar-refractivity contribution >= 4 is 5.91 Å². The third kappa shape index (κ3) is 5.29. The highest BCUT2D eigenvalue weighted by molar-refractivity contribution is 5.78. The molecule has 146 valence electrons. The highest BCUT2D eigenvalue weighted by Crippen LogP contribution is 2.38. The number of amides is 1. The number of benzene rings is 1. The molecule has 1 N–H and O–H groups in total. The van der Waals surface area contributed by atoms with Crippen molar-refractivity contribution in [1.29, 1.82) is 0 Å². The maximum Gasteiger partial charge on any atom is 0.223 e. The van der Waals surface area contributed by atoms with E-state index in [4.69, 9.17) is 14.2 Å². The zero-order valence-corrected chi connectivity index (χ0v) is 16.6. The van der Waals surface area contributed by atoms with Crippen molar-refractivity contribution in [2.24, 2.45) is 11.8 Å². The zero-order chi connectivity index (χ0) is 18.9. The summed E-state index contributed by atoms with van der Waals surface area (Å²) >= 11 is 0. The van der Waals surface area contributed by atoms with Crippen LogP contribution in [0.2, 0.25) is 0 Å². The van der Waals surface area contributed by atoms with Gasteiger partial charge in [-0.3, -0.25) is 4.79 Å². The molecular formula is C21H33NO4. The Balaban J connectivity index is 1.89. The SMILES string of the molecule is CCCCC1CCC(C(=O)NCc2cc(OC)c(OC)c(OC)c2)CC1. The molecule has 0 saturated heterocycles. The fourth-order valence-corrected chi connectivity index (χ4v) is 3.78. The lowest BCUT2D eigenvalue weighted by molar-refractivity contribution is -0.126. The largest absolute Gasteiger partial charge is 0.493 e. The predicted molar refractivity (Wildman–Crippen MR) is 103 cm³/mol. The summed E-state index contributed by atoms with van der Waals surface area (Å²) < 4.78 is 16.1. The van der Waals surface area contributed by atoms with Gasteiger partial charge in [-0.05, 0) is 49.3 Å². The Kier molecular flexibility index (Phi) is 8.07. The quantitative estimate of drug-likeness (QED) is 0.710. The van der Waals surface area contributed by atoms with Crippen LogP contribution in [0.3, 0.4) is 0 Å². The third-order valence-electron chi connectivity index (χ3n) is 5.37. The van der Waals surface area contributed by atoms with Crippen LogP contribution in [0.4, 0.5) is 0 Å². The van der Waals surface area contributed by atoms with Crippen LogP contribution in [-0.4, -0.2) is 27.2 Å². The molecule has 26 heavy (non-hydrogen) atoms. The van der Waals surface area contributed by atoms with E-state index in [1.165, 1.54) is 32.1 Å². The lowest BCUT2D eigenvalue weighted by Crippen LogP contribution is -2.32. The van der Waals surface area contributed by atoms with Crippen LogP contribution < -0.4 is 19.5 Å². The van der Waals surface area contributed by atoms with E-state index in [0.29, 0.717) is 23.8 Å². The minimum Gasteiger partial charge on any atom is -0.493 e. The second-order valence-corrected chi connectivity index (χ2v) is 7.11. The number of ether oxygens (including phenoxy) is 3. The summed E-state index contributed by atoms with van der Waals surface area (Å²) in [5.74, 6) is 2.90. The van der Waals surface area contributed by atoms with Crippen LogP contribution in [-0.2, 0) is 11.3 Å². The number of carbonyl (C=O) groups excluding carboxylic acids is 1. The molecule has 0 unspecified atom stereocenters. The minimum atomic E-state index is 0.148. The molecule has 1 fully saturated rings. The number of methoxy groups -OCH3 is 3. The monoisotopic (exact) mass is 363 g/mol. The van der Waals surface area contributed by atoms with Gasteiger partial charge in [-0.25, -0.2) is 0 Å². The second kappa shape index (κ2) is 10.3. The number of hydrogen-bond donors (Lipinski definition) is 1. The van der Waals surface area contributed by atoms with Crippen molar-refractivity contribution in [2.45, 2.75) is 58.4 Å². The van der Waals surface area contributed by atoms with Crippen molar-refractivity contribution in [3.63, 3.8) is 0 Å². The summed E-state index contributed by atoms with van der Waals surface area (Å²) in [6, 6.07) is 3.76. The highest BCUT2D eigenvalue weighted by atomic mass is 16.5. The first-order valence-corrected chi connectivity index (χ1v) is 9.69. The van der Waals surface area contributed by atoms with Crippen LogP contribution in [0.15, 0.2) is 12.1 Å². The molecule has 0 radical (unpaired) electrons. The zero-order valence-electron chi connectivity index (χ0n) is 16.6. The first-order valence-electron chi connectivity index (χ1n) is 9.69. The summed E-state index contributed by atoms with van der Waals surface area (Å²) in [7, 11) is 4.77. The Morgan fingerprint density at radius 3 is 2.15 bits per heavy atom. The number of nitrogens with one attached hydrogen (secondary N) is 1. The van der Waals surface area contributed by atoms with E-state index in [9.17, 15) is 4.79 Å². The lowest BCUT2D eigenvalue weighted by atomic mass is 9.79. The minimum absolute atomic E-state index is 0.148. The summed E-state index contributed by atoms with van der Waals surface area (Å²) in [6.45, 7) is 2.70. The average Bonchev–Trinajstić information content (AvgIpc) is 2.69. The molecule has 1 saturated carbocycles. The van der Waals surface area contributed by atoms with Gasteiger partial charge >= 0.3 is 0 Å². The smallest absolute Gasteiger partial charge is 0.223 e. The molecule has 0 spiro atoms. The molecule has 1 aliphatic carbocycles. The Bertz CT molecular complexity index is 554. The van der Waals surface area contributed by atoms with Gasteiger partial charge in [0.25, 0.3) is 0 Å². The van der Waals surface area contributed by atoms with Crippen molar-refractivity contribution in [2.75, 3.05) is 21.3 Å². The van der Waals surface area contributed by atoms with Gasteiger partial charge in [-0.15, -0.1) is 0 Å². The van der Waals surface area contributed by atoms with E-state index < -0.39 is 0 Å². The summed E-state index contributed by atoms with van der Waals surface area (Å²) in [4.78, 5) is 12.5. The molecule has 0 aromatic heterocycles. The molecule has 1 aromatic rings. The predicted octanol–water partition coefficient (Wildman–Crippen LogP) is 4.33. The molecule has 1 aromatic carbocycles. The number of carbonyl (C=O) groups is 1. The first kappa shape index (κ1) is 20.4. The molecule has 0 aliphatic heterocycles. The second-order valence-electron chi connectivity index (χ2n) is 7.11. The van der Waals surface area contributed by atoms with Crippen molar-refractivity contribution in [1.82, 2.24) is 5.32 Å². The Morgan fingerprint density at radius 1 is 1.04 bits per heavy atom. The van der Waals surface area contributed by atoms with E-state index in [-0.39, 0.29) is 11.8 Å². The molecule has 1 aliphatic rings. The number of hydrogen-bond acceptors (Lipinski definition) is 4. The van der Waals surface area contributed by atoms with E-state index >= 15 is 0 Å². The van der Waals surface area contributed by atoms with E-state index in [0.717, 1.165) is 24.3 Å². The van der Waals surface area contributed by atoms with Crippen molar-refractivity contribution in [3.05, 3.63) is 17.7 Å². The lowest BCUT2D eigenvalue weighted by Gasteiger charge is -2.27. The molecule has 5 nitrogen and oxygen atoms in total. The molecule has 0 bridgehead atoms. The summed E-state index contributed by atoms with van der Waals surface area (Å²) in [5.41, 5.74) is 0.935. The van der Waals surface area contributed by atoms with Gasteiger partial charge in [0.15, 0.2) is 11.5 Å². The van der Waals surface area contributed by atoms with Crippen LogP contribution in [0.25, 0.3) is 0 Å². The molecule has 1 amide bonds. The van der Waals surface area contributed by atoms with Gasteiger partial charge < -0.3 is 19.5 Å². The Labute approximate surface area is 157 Å². The molecule has 5 heteroatoms. The van der Waals surface area contributed by atoms with Gasteiger partial charge in [0, 0.05) is 12.5 Å². The number of unbranched alkanes of at least 4 members (excludes halogenated alkanes) is 1. The number of rotatable bonds is 9. The standard InChI is InChI=1S/C21H33NO4/c1-5-6-7-15-8-10-17(11-9-15)21(23)22-14-16-12-18(24-2)20(26-4)19(13-16)25-3/h12-13,15,17H,5-11,14H2,1-4H3,(H,22,23). The highest BCUT2D eigenvalue weighted by Gasteiger charge is 2.26. The van der Waals surface area contributed by atoms with Crippen LogP contribution in [0.1, 0.15) is 57.4 Å². The molecule has 0 atom stereocenters. The Hall–Kier alpha value is -1.91. The fourth-order valence-electron chi connectivity index (χ4n) is 3.78. The van der Waals surface area contributed by atoms with Crippen molar-refractivity contribution in [3.8, 4) is 17.2 Å². The molecule has 0 heterocycles. The average molecular weight is 363 g/mol. The third-order valence-corrected chi connectivity index (χ3v) is 5.37. The van der Waals surface area contributed by atoms with Crippen molar-refractivity contribution < 1.29 is 19.0 Å². The van der Waals surface area contributed by atoms with E-state index in [1.54, 1.807) is 21.3 Å². The summed E-state index contributed by atoms with van der Waals surface area (Å²) in [6.07, 6.45) is 8.27. The van der Waals surface area contributed by atoms with Gasteiger partial charge in [0.1, 0.15) is 0 Å². The van der Waals surface area contributed by atoms with Crippen LogP contribution >= 0.6 is 0 Å². The van der Waals surface area contributed by atoms with Gasteiger partial charge in [-0.2, -0.15) is 0 Å². The Morgan fingerprint density at radius 2 is 1.65 bits per heavy atom. The molecular weight excluding hydrogens is 330 g/mol. The van der Waals surface area contributed by atoms with Gasteiger partial charge in [-0.1, -0.05) is 26.2 Å². The van der Waals surface area contributed by atoms with Crippen LogP contribution in [0.5, 0.6) is 17.2 Å². The van der Waals surface area contributed by atoms with Crippen LogP contribution in [0, 0.1) is 11.8 Å². The molecule has 2 rings (SSSR count). The normalized spacial score (nSPS) is 19.7. The maximum absolute atomic E-state index is 12.5.